The molecule has 0 fully saturated rings. The number of carbonyl (C=O) groups is 2. The molecule has 1 aromatic carbocycles. The number of carbonyl (C=O) groups excluding carboxylic acids is 2. The van der Waals surface area contributed by atoms with Gasteiger partial charge in [0.1, 0.15) is 5.75 Å². The fourth-order valence-electron chi connectivity index (χ4n) is 1.27. The van der Waals surface area contributed by atoms with Gasteiger partial charge in [-0.15, -0.1) is 0 Å². The normalized spacial score (nSPS) is 10.9. The van der Waals surface area contributed by atoms with Crippen LogP contribution in [-0.2, 0) is 9.59 Å². The average Bonchev–Trinajstić information content (AvgIpc) is 2.37. The van der Waals surface area contributed by atoms with E-state index >= 15 is 0 Å². The molecule has 1 rings (SSSR count). The lowest BCUT2D eigenvalue weighted by atomic mass is 10.1. The van der Waals surface area contributed by atoms with Gasteiger partial charge in [-0.1, -0.05) is 0 Å². The lowest BCUT2D eigenvalue weighted by Gasteiger charge is -2.21. The van der Waals surface area contributed by atoms with Crippen LogP contribution in [0.15, 0.2) is 24.3 Å². The molecule has 2 amide bonds. The molecule has 0 aliphatic heterocycles. The molecule has 0 saturated heterocycles. The van der Waals surface area contributed by atoms with Crippen LogP contribution in [0, 0.1) is 0 Å². The van der Waals surface area contributed by atoms with Gasteiger partial charge in [0.2, 0.25) is 11.8 Å². The standard InChI is InChI=1S/C13H19N3O3/c1-13(2,12(14)18)15-8-11(17)16-9-4-6-10(19-3)7-5-9/h4-7,15H,8H2,1-3H3,(H2,14,18)(H,16,17). The highest BCUT2D eigenvalue weighted by atomic mass is 16.5. The maximum atomic E-state index is 11.7. The molecule has 0 spiro atoms. The predicted octanol–water partition coefficient (Wildman–Crippen LogP) is 0.487. The first-order valence-corrected chi connectivity index (χ1v) is 5.84. The lowest BCUT2D eigenvalue weighted by molar-refractivity contribution is -0.123. The number of hydrogen-bond donors (Lipinski definition) is 3. The Kier molecular flexibility index (Phi) is 4.88. The zero-order valence-corrected chi connectivity index (χ0v) is 11.3. The molecule has 0 radical (unpaired) electrons. The second-order valence-electron chi connectivity index (χ2n) is 4.62. The number of hydrogen-bond acceptors (Lipinski definition) is 4. The van der Waals surface area contributed by atoms with Crippen LogP contribution in [0.25, 0.3) is 0 Å². The highest BCUT2D eigenvalue weighted by Crippen LogP contribution is 2.14. The molecule has 0 unspecified atom stereocenters. The number of nitrogens with one attached hydrogen (secondary N) is 2. The number of primary amides is 1. The number of anilines is 1. The van der Waals surface area contributed by atoms with Gasteiger partial charge < -0.3 is 15.8 Å². The minimum absolute atomic E-state index is 0.00195. The Morgan fingerprint density at radius 1 is 1.26 bits per heavy atom. The average molecular weight is 265 g/mol. The molecule has 4 N–H and O–H groups in total. The Morgan fingerprint density at radius 2 is 1.84 bits per heavy atom. The van der Waals surface area contributed by atoms with Gasteiger partial charge >= 0.3 is 0 Å². The second kappa shape index (κ2) is 6.19. The SMILES string of the molecule is COc1ccc(NC(=O)CNC(C)(C)C(N)=O)cc1. The van der Waals surface area contributed by atoms with Crippen molar-refractivity contribution in [1.82, 2.24) is 5.32 Å². The van der Waals surface area contributed by atoms with E-state index in [0.717, 1.165) is 0 Å². The van der Waals surface area contributed by atoms with Crippen molar-refractivity contribution in [2.24, 2.45) is 5.73 Å². The third-order valence-corrected chi connectivity index (χ3v) is 2.68. The lowest BCUT2D eigenvalue weighted by Crippen LogP contribution is -2.52. The first kappa shape index (κ1) is 15.0. The maximum Gasteiger partial charge on any atom is 0.238 e. The molecule has 19 heavy (non-hydrogen) atoms. The van der Waals surface area contributed by atoms with Crippen molar-refractivity contribution in [2.45, 2.75) is 19.4 Å². The van der Waals surface area contributed by atoms with E-state index in [1.807, 2.05) is 0 Å². The molecule has 6 heteroatoms. The highest BCUT2D eigenvalue weighted by molar-refractivity contribution is 5.93. The third-order valence-electron chi connectivity index (χ3n) is 2.68. The van der Waals surface area contributed by atoms with Crippen molar-refractivity contribution in [3.63, 3.8) is 0 Å². The molecular weight excluding hydrogens is 246 g/mol. The monoisotopic (exact) mass is 265 g/mol. The van der Waals surface area contributed by atoms with Crippen LogP contribution < -0.4 is 21.1 Å². The number of nitrogens with two attached hydrogens (primary N) is 1. The van der Waals surface area contributed by atoms with E-state index in [2.05, 4.69) is 10.6 Å². The fraction of sp³-hybridized carbons (Fsp3) is 0.385. The van der Waals surface area contributed by atoms with Gasteiger partial charge in [-0.2, -0.15) is 0 Å². The summed E-state index contributed by atoms with van der Waals surface area (Å²) in [6.45, 7) is 3.24. The van der Waals surface area contributed by atoms with Crippen molar-refractivity contribution >= 4 is 17.5 Å². The van der Waals surface area contributed by atoms with Gasteiger partial charge in [0.05, 0.1) is 19.2 Å². The molecule has 0 bridgehead atoms. The van der Waals surface area contributed by atoms with Crippen LogP contribution in [0.1, 0.15) is 13.8 Å². The number of ether oxygens (including phenoxy) is 1. The molecule has 0 heterocycles. The molecular formula is C13H19N3O3. The Morgan fingerprint density at radius 3 is 2.32 bits per heavy atom. The second-order valence-corrected chi connectivity index (χ2v) is 4.62. The maximum absolute atomic E-state index is 11.7. The Labute approximate surface area is 112 Å². The molecule has 104 valence electrons. The van der Waals surface area contributed by atoms with Crippen LogP contribution in [0.3, 0.4) is 0 Å². The number of benzene rings is 1. The van der Waals surface area contributed by atoms with Crippen molar-refractivity contribution in [3.05, 3.63) is 24.3 Å². The summed E-state index contributed by atoms with van der Waals surface area (Å²) >= 11 is 0. The first-order chi connectivity index (χ1) is 8.85. The highest BCUT2D eigenvalue weighted by Gasteiger charge is 2.24. The number of methoxy groups -OCH3 is 1. The molecule has 0 aliphatic carbocycles. The minimum Gasteiger partial charge on any atom is -0.497 e. The third kappa shape index (κ3) is 4.59. The summed E-state index contributed by atoms with van der Waals surface area (Å²) in [7, 11) is 1.57. The van der Waals surface area contributed by atoms with Gasteiger partial charge in [-0.3, -0.25) is 14.9 Å². The van der Waals surface area contributed by atoms with Crippen molar-refractivity contribution in [2.75, 3.05) is 19.0 Å². The van der Waals surface area contributed by atoms with Gasteiger partial charge in [0, 0.05) is 5.69 Å². The van der Waals surface area contributed by atoms with Gasteiger partial charge in [-0.05, 0) is 38.1 Å². The number of rotatable bonds is 6. The Hall–Kier alpha value is -2.08. The smallest absolute Gasteiger partial charge is 0.238 e. The van der Waals surface area contributed by atoms with E-state index in [1.54, 1.807) is 45.2 Å². The van der Waals surface area contributed by atoms with Gasteiger partial charge in [0.25, 0.3) is 0 Å². The van der Waals surface area contributed by atoms with Crippen molar-refractivity contribution < 1.29 is 14.3 Å². The minimum atomic E-state index is -0.919. The molecule has 0 atom stereocenters. The van der Waals surface area contributed by atoms with Crippen molar-refractivity contribution in [3.8, 4) is 5.75 Å². The molecule has 0 aromatic heterocycles. The van der Waals surface area contributed by atoms with Crippen LogP contribution >= 0.6 is 0 Å². The van der Waals surface area contributed by atoms with Crippen LogP contribution in [0.5, 0.6) is 5.75 Å². The van der Waals surface area contributed by atoms with E-state index in [0.29, 0.717) is 11.4 Å². The summed E-state index contributed by atoms with van der Waals surface area (Å²) in [5.41, 5.74) is 4.93. The fourth-order valence-corrected chi connectivity index (χ4v) is 1.27. The summed E-state index contributed by atoms with van der Waals surface area (Å²) in [6, 6.07) is 6.96. The molecule has 1 aromatic rings. The Bertz CT molecular complexity index is 455. The zero-order valence-electron chi connectivity index (χ0n) is 11.3. The first-order valence-electron chi connectivity index (χ1n) is 5.84. The van der Waals surface area contributed by atoms with E-state index in [-0.39, 0.29) is 12.5 Å². The zero-order chi connectivity index (χ0) is 14.5. The molecule has 6 nitrogen and oxygen atoms in total. The van der Waals surface area contributed by atoms with E-state index in [9.17, 15) is 9.59 Å². The summed E-state index contributed by atoms with van der Waals surface area (Å²) in [5, 5.41) is 5.49. The van der Waals surface area contributed by atoms with E-state index in [1.165, 1.54) is 0 Å². The topological polar surface area (TPSA) is 93.4 Å². The predicted molar refractivity (Wildman–Crippen MR) is 72.9 cm³/mol. The summed E-state index contributed by atoms with van der Waals surface area (Å²) < 4.78 is 5.02. The van der Waals surface area contributed by atoms with E-state index in [4.69, 9.17) is 10.5 Å². The summed E-state index contributed by atoms with van der Waals surface area (Å²) in [4.78, 5) is 22.8. The van der Waals surface area contributed by atoms with Crippen LogP contribution in [0.2, 0.25) is 0 Å². The molecule has 0 aliphatic rings. The molecule has 0 saturated carbocycles. The van der Waals surface area contributed by atoms with Gasteiger partial charge in [0.15, 0.2) is 0 Å². The number of amides is 2. The summed E-state index contributed by atoms with van der Waals surface area (Å²) in [6.07, 6.45) is 0. The van der Waals surface area contributed by atoms with Crippen LogP contribution in [-0.4, -0.2) is 31.0 Å². The largest absolute Gasteiger partial charge is 0.497 e. The quantitative estimate of drug-likeness (QED) is 0.697. The van der Waals surface area contributed by atoms with Crippen LogP contribution in [0.4, 0.5) is 5.69 Å². The van der Waals surface area contributed by atoms with Crippen molar-refractivity contribution in [1.29, 1.82) is 0 Å². The van der Waals surface area contributed by atoms with Gasteiger partial charge in [-0.25, -0.2) is 0 Å². The summed E-state index contributed by atoms with van der Waals surface area (Å²) in [5.74, 6) is -0.0461. The van der Waals surface area contributed by atoms with E-state index < -0.39 is 11.4 Å². The Balaban J connectivity index is 2.49.